The van der Waals surface area contributed by atoms with Crippen molar-refractivity contribution in [2.24, 2.45) is 0 Å². The van der Waals surface area contributed by atoms with E-state index < -0.39 is 0 Å². The van der Waals surface area contributed by atoms with Gasteiger partial charge in [-0.3, -0.25) is 9.59 Å². The van der Waals surface area contributed by atoms with E-state index in [0.717, 1.165) is 0 Å². The summed E-state index contributed by atoms with van der Waals surface area (Å²) in [6, 6.07) is 17.4. The lowest BCUT2D eigenvalue weighted by Gasteiger charge is -2.09. The number of thiophene rings is 1. The Bertz CT molecular complexity index is 911. The Labute approximate surface area is 165 Å². The molecule has 2 amide bonds. The van der Waals surface area contributed by atoms with Gasteiger partial charge in [0.15, 0.2) is 0 Å². The third-order valence-corrected chi connectivity index (χ3v) is 4.72. The number of carbonyl (C=O) groups is 2. The van der Waals surface area contributed by atoms with Crippen molar-refractivity contribution < 1.29 is 14.3 Å². The Hall–Kier alpha value is -2.83. The molecule has 1 heterocycles. The standard InChI is InChI=1S/C20H17ClN2O3S/c21-15-6-8-17(9-7-15)26-11-10-22-19(24)14-3-1-4-16(13-14)23-20(25)18-5-2-12-27-18/h1-9,12-13H,10-11H2,(H,22,24)(H,23,25). The number of nitrogens with one attached hydrogen (secondary N) is 2. The van der Waals surface area contributed by atoms with Crippen LogP contribution in [0.4, 0.5) is 5.69 Å². The lowest BCUT2D eigenvalue weighted by molar-refractivity contribution is 0.0945. The molecule has 0 unspecified atom stereocenters. The van der Waals surface area contributed by atoms with Gasteiger partial charge in [0.2, 0.25) is 0 Å². The fraction of sp³-hybridized carbons (Fsp3) is 0.100. The van der Waals surface area contributed by atoms with E-state index in [1.807, 2.05) is 11.4 Å². The summed E-state index contributed by atoms with van der Waals surface area (Å²) < 4.78 is 5.54. The largest absolute Gasteiger partial charge is 0.492 e. The molecule has 0 aliphatic heterocycles. The van der Waals surface area contributed by atoms with Crippen molar-refractivity contribution in [3.05, 3.63) is 81.5 Å². The molecule has 0 spiro atoms. The molecule has 0 fully saturated rings. The van der Waals surface area contributed by atoms with Crippen LogP contribution in [0.1, 0.15) is 20.0 Å². The highest BCUT2D eigenvalue weighted by Gasteiger charge is 2.09. The Balaban J connectivity index is 1.49. The van der Waals surface area contributed by atoms with Gasteiger partial charge in [0.25, 0.3) is 11.8 Å². The van der Waals surface area contributed by atoms with Crippen molar-refractivity contribution in [2.45, 2.75) is 0 Å². The number of carbonyl (C=O) groups excluding carboxylic acids is 2. The van der Waals surface area contributed by atoms with Crippen LogP contribution in [0.25, 0.3) is 0 Å². The number of amides is 2. The summed E-state index contributed by atoms with van der Waals surface area (Å²) in [4.78, 5) is 25.0. The molecule has 0 aliphatic carbocycles. The van der Waals surface area contributed by atoms with Crippen molar-refractivity contribution in [3.63, 3.8) is 0 Å². The van der Waals surface area contributed by atoms with Crippen LogP contribution in [0.15, 0.2) is 66.0 Å². The van der Waals surface area contributed by atoms with Crippen LogP contribution in [0.2, 0.25) is 5.02 Å². The number of benzene rings is 2. The maximum absolute atomic E-state index is 12.3. The van der Waals surface area contributed by atoms with Gasteiger partial charge in [-0.15, -0.1) is 11.3 Å². The van der Waals surface area contributed by atoms with Crippen LogP contribution in [0.3, 0.4) is 0 Å². The maximum atomic E-state index is 12.3. The normalized spacial score (nSPS) is 10.3. The van der Waals surface area contributed by atoms with Gasteiger partial charge >= 0.3 is 0 Å². The second-order valence-corrected chi connectivity index (χ2v) is 6.95. The Morgan fingerprint density at radius 1 is 1.00 bits per heavy atom. The zero-order valence-electron chi connectivity index (χ0n) is 14.3. The van der Waals surface area contributed by atoms with Gasteiger partial charge < -0.3 is 15.4 Å². The van der Waals surface area contributed by atoms with E-state index in [1.54, 1.807) is 54.6 Å². The monoisotopic (exact) mass is 400 g/mol. The Kier molecular flexibility index (Phi) is 6.46. The van der Waals surface area contributed by atoms with Crippen molar-refractivity contribution in [2.75, 3.05) is 18.5 Å². The van der Waals surface area contributed by atoms with Crippen LogP contribution in [0.5, 0.6) is 5.75 Å². The molecule has 3 rings (SSSR count). The zero-order chi connectivity index (χ0) is 19.1. The lowest BCUT2D eigenvalue weighted by atomic mass is 10.2. The third-order valence-electron chi connectivity index (χ3n) is 3.60. The first-order chi connectivity index (χ1) is 13.1. The molecule has 0 bridgehead atoms. The number of halogens is 1. The molecule has 7 heteroatoms. The van der Waals surface area contributed by atoms with E-state index in [4.69, 9.17) is 16.3 Å². The van der Waals surface area contributed by atoms with Gasteiger partial charge in [0.1, 0.15) is 12.4 Å². The summed E-state index contributed by atoms with van der Waals surface area (Å²) in [5.74, 6) is 0.257. The van der Waals surface area contributed by atoms with Gasteiger partial charge in [-0.25, -0.2) is 0 Å². The van der Waals surface area contributed by atoms with Gasteiger partial charge in [-0.2, -0.15) is 0 Å². The number of hydrogen-bond acceptors (Lipinski definition) is 4. The SMILES string of the molecule is O=C(NCCOc1ccc(Cl)cc1)c1cccc(NC(=O)c2cccs2)c1. The Morgan fingerprint density at radius 2 is 1.81 bits per heavy atom. The second-order valence-electron chi connectivity index (χ2n) is 5.57. The van der Waals surface area contributed by atoms with Gasteiger partial charge in [0.05, 0.1) is 11.4 Å². The average molecular weight is 401 g/mol. The number of rotatable bonds is 7. The van der Waals surface area contributed by atoms with Crippen molar-refractivity contribution in [1.82, 2.24) is 5.32 Å². The highest BCUT2D eigenvalue weighted by atomic mass is 35.5. The van der Waals surface area contributed by atoms with Crippen LogP contribution in [-0.4, -0.2) is 25.0 Å². The minimum atomic E-state index is -0.234. The highest BCUT2D eigenvalue weighted by Crippen LogP contribution is 2.16. The second kappa shape index (κ2) is 9.21. The van der Waals surface area contributed by atoms with E-state index in [-0.39, 0.29) is 11.8 Å². The van der Waals surface area contributed by atoms with Crippen LogP contribution < -0.4 is 15.4 Å². The third kappa shape index (κ3) is 5.57. The summed E-state index contributed by atoms with van der Waals surface area (Å²) in [6.45, 7) is 0.690. The summed E-state index contributed by atoms with van der Waals surface area (Å²) in [7, 11) is 0. The minimum absolute atomic E-state index is 0.195. The Morgan fingerprint density at radius 3 is 2.56 bits per heavy atom. The molecule has 2 N–H and O–H groups in total. The summed E-state index contributed by atoms with van der Waals surface area (Å²) in [5, 5.41) is 8.06. The highest BCUT2D eigenvalue weighted by molar-refractivity contribution is 7.12. The molecule has 0 saturated heterocycles. The van der Waals surface area contributed by atoms with E-state index >= 15 is 0 Å². The molecule has 5 nitrogen and oxygen atoms in total. The molecule has 3 aromatic rings. The molecule has 0 atom stereocenters. The average Bonchev–Trinajstić information content (AvgIpc) is 3.22. The summed E-state index contributed by atoms with van der Waals surface area (Å²) in [6.07, 6.45) is 0. The fourth-order valence-corrected chi connectivity index (χ4v) is 3.05. The smallest absolute Gasteiger partial charge is 0.265 e. The number of hydrogen-bond donors (Lipinski definition) is 2. The summed E-state index contributed by atoms with van der Waals surface area (Å²) in [5.41, 5.74) is 1.03. The van der Waals surface area contributed by atoms with Gasteiger partial charge in [-0.05, 0) is 53.9 Å². The van der Waals surface area contributed by atoms with Crippen molar-refractivity contribution in [1.29, 1.82) is 0 Å². The first-order valence-corrected chi connectivity index (χ1v) is 9.49. The topological polar surface area (TPSA) is 67.4 Å². The van der Waals surface area contributed by atoms with Crippen LogP contribution in [-0.2, 0) is 0 Å². The molecule has 0 saturated carbocycles. The molecule has 138 valence electrons. The van der Waals surface area contributed by atoms with E-state index in [9.17, 15) is 9.59 Å². The molecular weight excluding hydrogens is 384 g/mol. The minimum Gasteiger partial charge on any atom is -0.492 e. The predicted octanol–water partition coefficient (Wildman–Crippen LogP) is 4.46. The molecule has 27 heavy (non-hydrogen) atoms. The molecule has 0 aliphatic rings. The lowest BCUT2D eigenvalue weighted by Crippen LogP contribution is -2.28. The molecular formula is C20H17ClN2O3S. The van der Waals surface area contributed by atoms with E-state index in [0.29, 0.717) is 40.1 Å². The molecule has 1 aromatic heterocycles. The van der Waals surface area contributed by atoms with Crippen LogP contribution in [0, 0.1) is 0 Å². The molecule has 0 radical (unpaired) electrons. The van der Waals surface area contributed by atoms with Crippen LogP contribution >= 0.6 is 22.9 Å². The zero-order valence-corrected chi connectivity index (χ0v) is 15.8. The number of ether oxygens (including phenoxy) is 1. The van der Waals surface area contributed by atoms with Crippen molar-refractivity contribution in [3.8, 4) is 5.75 Å². The fourth-order valence-electron chi connectivity index (χ4n) is 2.30. The van der Waals surface area contributed by atoms with Gasteiger partial charge in [0, 0.05) is 16.3 Å². The first kappa shape index (κ1) is 18.9. The van der Waals surface area contributed by atoms with E-state index in [1.165, 1.54) is 11.3 Å². The maximum Gasteiger partial charge on any atom is 0.265 e. The molecule has 2 aromatic carbocycles. The first-order valence-electron chi connectivity index (χ1n) is 8.23. The predicted molar refractivity (Wildman–Crippen MR) is 108 cm³/mol. The quantitative estimate of drug-likeness (QED) is 0.575. The van der Waals surface area contributed by atoms with Crippen molar-refractivity contribution >= 4 is 40.4 Å². The van der Waals surface area contributed by atoms with Gasteiger partial charge in [-0.1, -0.05) is 23.7 Å². The summed E-state index contributed by atoms with van der Waals surface area (Å²) >= 11 is 7.18. The number of anilines is 1. The van der Waals surface area contributed by atoms with E-state index in [2.05, 4.69) is 10.6 Å².